The minimum absolute atomic E-state index is 0.385. The highest BCUT2D eigenvalue weighted by Gasteiger charge is 2.22. The smallest absolute Gasteiger partial charge is 0.0209 e. The predicted octanol–water partition coefficient (Wildman–Crippen LogP) is 7.35. The lowest BCUT2D eigenvalue weighted by Crippen LogP contribution is -2.14. The van der Waals surface area contributed by atoms with E-state index in [0.29, 0.717) is 7.92 Å². The molecular weight excluding hydrogens is 259 g/mol. The highest BCUT2D eigenvalue weighted by atomic mass is 31.1. The zero-order chi connectivity index (χ0) is 14.5. The van der Waals surface area contributed by atoms with Gasteiger partial charge in [-0.25, -0.2) is 0 Å². The summed E-state index contributed by atoms with van der Waals surface area (Å²) < 4.78 is 0. The summed E-state index contributed by atoms with van der Waals surface area (Å²) in [4.78, 5) is 0. The second-order valence-corrected chi connectivity index (χ2v) is 9.60. The van der Waals surface area contributed by atoms with Crippen LogP contribution in [0.5, 0.6) is 0 Å². The Morgan fingerprint density at radius 1 is 0.650 bits per heavy atom. The van der Waals surface area contributed by atoms with E-state index in [0.717, 1.165) is 5.66 Å². The van der Waals surface area contributed by atoms with Gasteiger partial charge in [-0.05, 0) is 43.7 Å². The van der Waals surface area contributed by atoms with Crippen LogP contribution in [0.25, 0.3) is 0 Å². The summed E-state index contributed by atoms with van der Waals surface area (Å²) >= 11 is 0. The second-order valence-electron chi connectivity index (χ2n) is 6.80. The molecule has 1 rings (SSSR count). The monoisotopic (exact) mass is 298 g/mol. The van der Waals surface area contributed by atoms with Gasteiger partial charge in [0.15, 0.2) is 0 Å². The predicted molar refractivity (Wildman–Crippen MR) is 96.4 cm³/mol. The van der Waals surface area contributed by atoms with Gasteiger partial charge < -0.3 is 0 Å². The molecule has 1 unspecified atom stereocenters. The van der Waals surface area contributed by atoms with Gasteiger partial charge in [0.25, 0.3) is 0 Å². The molecule has 0 nitrogen and oxygen atoms in total. The molecule has 0 bridgehead atoms. The first-order valence-corrected chi connectivity index (χ1v) is 11.4. The van der Waals surface area contributed by atoms with Gasteiger partial charge >= 0.3 is 0 Å². The maximum atomic E-state index is 2.34. The van der Waals surface area contributed by atoms with E-state index in [4.69, 9.17) is 0 Å². The van der Waals surface area contributed by atoms with Gasteiger partial charge in [0, 0.05) is 0 Å². The molecule has 0 spiro atoms. The van der Waals surface area contributed by atoms with Crippen molar-refractivity contribution in [2.24, 2.45) is 0 Å². The minimum Gasteiger partial charge on any atom is -0.104 e. The summed E-state index contributed by atoms with van der Waals surface area (Å²) in [5.41, 5.74) is 1.16. The number of unbranched alkanes of at least 4 members (excludes halogenated alkanes) is 7. The average Bonchev–Trinajstić information content (AvgIpc) is 2.50. The van der Waals surface area contributed by atoms with Crippen molar-refractivity contribution < 1.29 is 0 Å². The van der Waals surface area contributed by atoms with Gasteiger partial charge in [0.1, 0.15) is 0 Å². The van der Waals surface area contributed by atoms with E-state index >= 15 is 0 Å². The summed E-state index contributed by atoms with van der Waals surface area (Å²) in [7, 11) is 0.385. The third kappa shape index (κ3) is 8.66. The van der Waals surface area contributed by atoms with Crippen molar-refractivity contribution in [3.8, 4) is 0 Å². The molecule has 1 atom stereocenters. The van der Waals surface area contributed by atoms with E-state index in [2.05, 4.69) is 13.8 Å². The van der Waals surface area contributed by atoms with Crippen LogP contribution in [-0.4, -0.2) is 18.0 Å². The van der Waals surface area contributed by atoms with E-state index < -0.39 is 0 Å². The third-order valence-electron chi connectivity index (χ3n) is 4.94. The topological polar surface area (TPSA) is 0 Å². The Bertz CT molecular complexity index is 196. The summed E-state index contributed by atoms with van der Waals surface area (Å²) in [5, 5.41) is 0. The third-order valence-corrected chi connectivity index (χ3v) is 8.27. The fourth-order valence-electron chi connectivity index (χ4n) is 3.58. The van der Waals surface area contributed by atoms with E-state index in [1.807, 2.05) is 0 Å². The molecule has 0 aromatic rings. The maximum Gasteiger partial charge on any atom is -0.0209 e. The first-order valence-electron chi connectivity index (χ1n) is 9.62. The van der Waals surface area contributed by atoms with Crippen LogP contribution in [0.2, 0.25) is 0 Å². The lowest BCUT2D eigenvalue weighted by molar-refractivity contribution is 0.509. The van der Waals surface area contributed by atoms with Crippen molar-refractivity contribution in [3.05, 3.63) is 0 Å². The number of hydrogen-bond acceptors (Lipinski definition) is 0. The first kappa shape index (κ1) is 18.5. The van der Waals surface area contributed by atoms with Gasteiger partial charge in [-0.15, -0.1) is 7.92 Å². The molecule has 1 aliphatic rings. The molecule has 0 N–H and O–H groups in total. The van der Waals surface area contributed by atoms with Crippen molar-refractivity contribution in [2.45, 2.75) is 109 Å². The van der Waals surface area contributed by atoms with E-state index in [9.17, 15) is 0 Å². The van der Waals surface area contributed by atoms with E-state index in [1.165, 1.54) is 77.0 Å². The molecule has 0 aliphatic heterocycles. The number of rotatable bonds is 12. The lowest BCUT2D eigenvalue weighted by atomic mass is 10.0. The average molecular weight is 298 g/mol. The Balaban J connectivity index is 2.18. The van der Waals surface area contributed by atoms with Crippen molar-refractivity contribution >= 4 is 7.92 Å². The Kier molecular flexibility index (Phi) is 12.1. The molecule has 1 aliphatic carbocycles. The fourth-order valence-corrected chi connectivity index (χ4v) is 6.89. The molecule has 1 saturated carbocycles. The Morgan fingerprint density at radius 2 is 1.15 bits per heavy atom. The molecular formula is C19H39P. The molecule has 0 aromatic carbocycles. The van der Waals surface area contributed by atoms with Gasteiger partial charge in [-0.2, -0.15) is 0 Å². The van der Waals surface area contributed by atoms with Crippen LogP contribution in [0, 0.1) is 0 Å². The Morgan fingerprint density at radius 3 is 1.80 bits per heavy atom. The van der Waals surface area contributed by atoms with Crippen LogP contribution in [0.4, 0.5) is 0 Å². The lowest BCUT2D eigenvalue weighted by Gasteiger charge is -2.31. The molecule has 20 heavy (non-hydrogen) atoms. The Labute approximate surface area is 130 Å². The van der Waals surface area contributed by atoms with Gasteiger partial charge in [0.2, 0.25) is 0 Å². The van der Waals surface area contributed by atoms with Crippen LogP contribution in [0.15, 0.2) is 0 Å². The van der Waals surface area contributed by atoms with Crippen molar-refractivity contribution in [2.75, 3.05) is 12.3 Å². The summed E-state index contributed by atoms with van der Waals surface area (Å²) in [6, 6.07) is 0. The standard InChI is InChI=1S/C19H39P/c1-3-5-7-8-9-14-18-20(17-13-6-4-2)19-15-11-10-12-16-19/h19H,3-18H2,1-2H3. The van der Waals surface area contributed by atoms with Crippen molar-refractivity contribution in [1.29, 1.82) is 0 Å². The summed E-state index contributed by atoms with van der Waals surface area (Å²) in [5.74, 6) is 0. The molecule has 0 radical (unpaired) electrons. The minimum atomic E-state index is 0.385. The number of hydrogen-bond donors (Lipinski definition) is 0. The molecule has 1 heteroatoms. The van der Waals surface area contributed by atoms with Crippen LogP contribution >= 0.6 is 7.92 Å². The Hall–Kier alpha value is 0.430. The summed E-state index contributed by atoms with van der Waals surface area (Å²) in [6.45, 7) is 4.66. The molecule has 0 aromatic heterocycles. The highest BCUT2D eigenvalue weighted by molar-refractivity contribution is 7.58. The second kappa shape index (κ2) is 13.1. The first-order chi connectivity index (χ1) is 9.88. The van der Waals surface area contributed by atoms with Crippen LogP contribution in [0.1, 0.15) is 104 Å². The molecule has 0 amide bonds. The van der Waals surface area contributed by atoms with E-state index in [1.54, 1.807) is 25.2 Å². The van der Waals surface area contributed by atoms with E-state index in [-0.39, 0.29) is 0 Å². The fraction of sp³-hybridized carbons (Fsp3) is 1.00. The maximum absolute atomic E-state index is 2.34. The zero-order valence-electron chi connectivity index (χ0n) is 14.3. The zero-order valence-corrected chi connectivity index (χ0v) is 15.2. The van der Waals surface area contributed by atoms with Crippen molar-refractivity contribution in [1.82, 2.24) is 0 Å². The van der Waals surface area contributed by atoms with Gasteiger partial charge in [-0.1, -0.05) is 78.1 Å². The van der Waals surface area contributed by atoms with Crippen LogP contribution in [0.3, 0.4) is 0 Å². The largest absolute Gasteiger partial charge is 0.104 e. The molecule has 1 fully saturated rings. The van der Waals surface area contributed by atoms with Gasteiger partial charge in [-0.3, -0.25) is 0 Å². The SMILES string of the molecule is CCCCCCCCP(CCCCC)C1CCCCC1. The van der Waals surface area contributed by atoms with Gasteiger partial charge in [0.05, 0.1) is 0 Å². The molecule has 0 heterocycles. The normalized spacial score (nSPS) is 18.3. The summed E-state index contributed by atoms with van der Waals surface area (Å²) in [6.07, 6.45) is 24.2. The van der Waals surface area contributed by atoms with Crippen LogP contribution in [-0.2, 0) is 0 Å². The van der Waals surface area contributed by atoms with Crippen molar-refractivity contribution in [3.63, 3.8) is 0 Å². The quantitative estimate of drug-likeness (QED) is 0.261. The molecule has 120 valence electrons. The highest BCUT2D eigenvalue weighted by Crippen LogP contribution is 2.49. The molecule has 0 saturated heterocycles. The van der Waals surface area contributed by atoms with Crippen LogP contribution < -0.4 is 0 Å².